The van der Waals surface area contributed by atoms with Gasteiger partial charge in [0, 0.05) is 11.1 Å². The predicted octanol–water partition coefficient (Wildman–Crippen LogP) is 5.20. The van der Waals surface area contributed by atoms with E-state index in [9.17, 15) is 0 Å². The van der Waals surface area contributed by atoms with Crippen LogP contribution in [0.5, 0.6) is 5.75 Å². The van der Waals surface area contributed by atoms with Crippen LogP contribution in [0.2, 0.25) is 0 Å². The van der Waals surface area contributed by atoms with Gasteiger partial charge >= 0.3 is 0 Å². The van der Waals surface area contributed by atoms with Gasteiger partial charge in [-0.15, -0.1) is 0 Å². The second kappa shape index (κ2) is 7.98. The highest BCUT2D eigenvalue weighted by Crippen LogP contribution is 2.55. The molecule has 0 radical (unpaired) electrons. The third kappa shape index (κ3) is 3.75. The van der Waals surface area contributed by atoms with E-state index in [1.165, 1.54) is 74.7 Å². The molecule has 1 saturated heterocycles. The number of nitrogens with zero attached hydrogens (tertiary/aromatic N) is 2. The Bertz CT molecular complexity index is 864. The van der Waals surface area contributed by atoms with Crippen molar-refractivity contribution in [2.45, 2.75) is 56.8 Å². The largest absolute Gasteiger partial charge is 0.493 e. The highest BCUT2D eigenvalue weighted by molar-refractivity contribution is 5.71. The van der Waals surface area contributed by atoms with Gasteiger partial charge in [0.1, 0.15) is 11.6 Å². The maximum atomic E-state index is 6.44. The molecule has 154 valence electrons. The van der Waals surface area contributed by atoms with Crippen LogP contribution in [0.15, 0.2) is 30.3 Å². The molecule has 1 aliphatic heterocycles. The second-order valence-electron chi connectivity index (χ2n) is 9.32. The molecule has 1 aromatic carbocycles. The van der Waals surface area contributed by atoms with Crippen molar-refractivity contribution in [3.05, 3.63) is 41.5 Å². The monoisotopic (exact) mass is 391 g/mol. The van der Waals surface area contributed by atoms with Gasteiger partial charge in [0.05, 0.1) is 12.3 Å². The summed E-state index contributed by atoms with van der Waals surface area (Å²) in [6, 6.07) is 10.4. The number of pyridine rings is 1. The molecule has 4 heteroatoms. The van der Waals surface area contributed by atoms with Gasteiger partial charge in [-0.3, -0.25) is 0 Å². The fraction of sp³-hybridized carbons (Fsp3) is 0.560. The summed E-state index contributed by atoms with van der Waals surface area (Å²) in [5.41, 5.74) is 11.2. The molecule has 1 aromatic heterocycles. The lowest BCUT2D eigenvalue weighted by Crippen LogP contribution is -2.30. The molecular weight excluding hydrogens is 358 g/mol. The van der Waals surface area contributed by atoms with Crippen LogP contribution >= 0.6 is 0 Å². The number of hydrogen-bond acceptors (Lipinski definition) is 4. The maximum absolute atomic E-state index is 6.44. The Morgan fingerprint density at radius 3 is 2.41 bits per heavy atom. The second-order valence-corrected chi connectivity index (χ2v) is 9.32. The lowest BCUT2D eigenvalue weighted by molar-refractivity contribution is 0.186. The van der Waals surface area contributed by atoms with Gasteiger partial charge in [0.25, 0.3) is 0 Å². The van der Waals surface area contributed by atoms with E-state index in [0.29, 0.717) is 17.7 Å². The van der Waals surface area contributed by atoms with E-state index in [-0.39, 0.29) is 0 Å². The predicted molar refractivity (Wildman–Crippen MR) is 118 cm³/mol. The summed E-state index contributed by atoms with van der Waals surface area (Å²) in [5, 5.41) is 0. The van der Waals surface area contributed by atoms with Crippen LogP contribution in [0.4, 0.5) is 5.82 Å². The average molecular weight is 392 g/mol. The minimum atomic E-state index is 0.593. The maximum Gasteiger partial charge on any atom is 0.124 e. The molecule has 0 amide bonds. The Hall–Kier alpha value is -2.07. The van der Waals surface area contributed by atoms with Crippen LogP contribution in [0.1, 0.15) is 67.9 Å². The van der Waals surface area contributed by atoms with Crippen LogP contribution in [0.3, 0.4) is 0 Å². The van der Waals surface area contributed by atoms with Crippen LogP contribution in [-0.4, -0.2) is 36.6 Å². The third-order valence-corrected chi connectivity index (χ3v) is 7.46. The van der Waals surface area contributed by atoms with Gasteiger partial charge in [-0.1, -0.05) is 6.07 Å². The fourth-order valence-electron chi connectivity index (χ4n) is 5.79. The van der Waals surface area contributed by atoms with Crippen LogP contribution < -0.4 is 10.5 Å². The summed E-state index contributed by atoms with van der Waals surface area (Å²) in [7, 11) is 2.23. The number of nitrogens with two attached hydrogens (primary N) is 1. The van der Waals surface area contributed by atoms with Crippen molar-refractivity contribution in [1.82, 2.24) is 9.88 Å². The number of nitrogen functional groups attached to an aromatic ring is 1. The Kier molecular flexibility index (Phi) is 5.21. The first-order valence-electron chi connectivity index (χ1n) is 11.4. The number of ether oxygens (including phenoxy) is 1. The molecule has 4 nitrogen and oxygen atoms in total. The van der Waals surface area contributed by atoms with Gasteiger partial charge in [0.15, 0.2) is 0 Å². The van der Waals surface area contributed by atoms with Crippen molar-refractivity contribution in [3.63, 3.8) is 0 Å². The van der Waals surface area contributed by atoms with E-state index in [1.807, 2.05) is 12.1 Å². The lowest BCUT2D eigenvalue weighted by Gasteiger charge is -2.40. The highest BCUT2D eigenvalue weighted by Gasteiger charge is 2.37. The summed E-state index contributed by atoms with van der Waals surface area (Å²) >= 11 is 0. The molecule has 2 N–H and O–H groups in total. The van der Waals surface area contributed by atoms with Gasteiger partial charge in [-0.05, 0) is 113 Å². The number of anilines is 1. The summed E-state index contributed by atoms with van der Waals surface area (Å²) in [6.07, 6.45) is 8.99. The number of hydrogen-bond donors (Lipinski definition) is 1. The molecular formula is C25H33N3O. The van der Waals surface area contributed by atoms with Crippen LogP contribution in [-0.2, 0) is 0 Å². The zero-order chi connectivity index (χ0) is 19.8. The van der Waals surface area contributed by atoms with E-state index in [1.54, 1.807) is 0 Å². The molecule has 2 fully saturated rings. The molecule has 29 heavy (non-hydrogen) atoms. The molecule has 1 saturated carbocycles. The number of rotatable bonds is 5. The van der Waals surface area contributed by atoms with Gasteiger partial charge < -0.3 is 15.4 Å². The van der Waals surface area contributed by atoms with Crippen LogP contribution in [0, 0.1) is 5.92 Å². The van der Waals surface area contributed by atoms with Crippen molar-refractivity contribution in [3.8, 4) is 17.0 Å². The molecule has 0 atom stereocenters. The number of aromatic nitrogens is 1. The third-order valence-electron chi connectivity index (χ3n) is 7.46. The zero-order valence-electron chi connectivity index (χ0n) is 17.6. The van der Waals surface area contributed by atoms with Gasteiger partial charge in [-0.25, -0.2) is 4.98 Å². The van der Waals surface area contributed by atoms with E-state index in [2.05, 4.69) is 35.1 Å². The number of likely N-dealkylation sites (tertiary alicyclic amines) is 1. The van der Waals surface area contributed by atoms with Crippen molar-refractivity contribution < 1.29 is 4.74 Å². The summed E-state index contributed by atoms with van der Waals surface area (Å²) in [4.78, 5) is 7.07. The normalized spacial score (nSPS) is 24.4. The highest BCUT2D eigenvalue weighted by atomic mass is 16.5. The Morgan fingerprint density at radius 2 is 1.69 bits per heavy atom. The number of fused-ring (bicyclic) bond motifs is 2. The zero-order valence-corrected chi connectivity index (χ0v) is 17.6. The molecule has 3 aliphatic carbocycles. The van der Waals surface area contributed by atoms with E-state index in [0.717, 1.165) is 24.0 Å². The summed E-state index contributed by atoms with van der Waals surface area (Å²) in [6.45, 7) is 3.30. The van der Waals surface area contributed by atoms with Crippen molar-refractivity contribution in [1.29, 1.82) is 0 Å². The molecule has 0 spiro atoms. The molecule has 6 rings (SSSR count). The fourth-order valence-corrected chi connectivity index (χ4v) is 5.79. The molecule has 2 bridgehead atoms. The first-order valence-corrected chi connectivity index (χ1v) is 11.4. The number of benzene rings is 1. The van der Waals surface area contributed by atoms with Crippen LogP contribution in [0.25, 0.3) is 11.3 Å². The van der Waals surface area contributed by atoms with Crippen molar-refractivity contribution >= 4 is 5.82 Å². The minimum Gasteiger partial charge on any atom is -0.493 e. The van der Waals surface area contributed by atoms with E-state index >= 15 is 0 Å². The molecule has 0 unspecified atom stereocenters. The van der Waals surface area contributed by atoms with Crippen molar-refractivity contribution in [2.75, 3.05) is 32.5 Å². The quantitative estimate of drug-likeness (QED) is 0.761. The average Bonchev–Trinajstić information content (AvgIpc) is 2.76. The Labute approximate surface area is 174 Å². The molecule has 2 heterocycles. The topological polar surface area (TPSA) is 51.4 Å². The van der Waals surface area contributed by atoms with Gasteiger partial charge in [-0.2, -0.15) is 0 Å². The molecule has 2 aromatic rings. The summed E-state index contributed by atoms with van der Waals surface area (Å²) < 4.78 is 6.44. The van der Waals surface area contributed by atoms with Gasteiger partial charge in [0.2, 0.25) is 0 Å². The summed E-state index contributed by atoms with van der Waals surface area (Å²) in [5.74, 6) is 3.83. The standard InChI is InChI=1S/C25H33N3O/c1-28-14-11-17(12-15-28)13-16-29-22-10-9-20(21-3-2-4-23(26)27-21)24-18-5-7-19(8-6-18)25(22)24/h2-4,9-10,17-19H,5-8,11-16H2,1H3,(H2,26,27). The smallest absolute Gasteiger partial charge is 0.124 e. The van der Waals surface area contributed by atoms with E-state index < -0.39 is 0 Å². The molecule has 4 aliphatic rings. The van der Waals surface area contributed by atoms with Crippen molar-refractivity contribution in [2.24, 2.45) is 5.92 Å². The number of piperidine rings is 1. The van der Waals surface area contributed by atoms with E-state index in [4.69, 9.17) is 10.5 Å². The lowest BCUT2D eigenvalue weighted by atomic mass is 9.65. The Balaban J connectivity index is 1.40. The first-order chi connectivity index (χ1) is 14.2. The Morgan fingerprint density at radius 1 is 0.966 bits per heavy atom. The SMILES string of the molecule is CN1CCC(CCOc2ccc(-c3cccc(N)n3)c3c2C2CCC3CC2)CC1. The minimum absolute atomic E-state index is 0.593. The first kappa shape index (κ1) is 18.9.